The minimum Gasteiger partial charge on any atom is -0.309 e. The molecule has 0 saturated carbocycles. The predicted octanol–water partition coefficient (Wildman–Crippen LogP) is 21.0. The van der Waals surface area contributed by atoms with E-state index in [1.54, 1.807) is 0 Å². The molecule has 0 aliphatic carbocycles. The van der Waals surface area contributed by atoms with Crippen LogP contribution in [0.3, 0.4) is 0 Å². The highest BCUT2D eigenvalue weighted by molar-refractivity contribution is 7.26. The van der Waals surface area contributed by atoms with Crippen molar-refractivity contribution < 1.29 is 0 Å². The van der Waals surface area contributed by atoms with Gasteiger partial charge in [-0.05, 0) is 129 Å². The van der Waals surface area contributed by atoms with E-state index in [2.05, 4.69) is 287 Å². The Hall–Kier alpha value is -11.3. The molecule has 7 heteroatoms. The van der Waals surface area contributed by atoms with Gasteiger partial charge in [-0.1, -0.05) is 206 Å². The van der Waals surface area contributed by atoms with Gasteiger partial charge in [0.1, 0.15) is 0 Å². The Morgan fingerprint density at radius 1 is 0.256 bits per heavy atom. The topological polar surface area (TPSA) is 53.5 Å². The van der Waals surface area contributed by atoms with Gasteiger partial charge in [-0.2, -0.15) is 9.97 Å². The summed E-state index contributed by atoms with van der Waals surface area (Å²) in [6.45, 7) is 0. The van der Waals surface area contributed by atoms with Crippen molar-refractivity contribution in [1.29, 1.82) is 0 Å². The largest absolute Gasteiger partial charge is 0.309 e. The van der Waals surface area contributed by atoms with Crippen molar-refractivity contribution in [3.63, 3.8) is 0 Å². The van der Waals surface area contributed by atoms with Gasteiger partial charge in [0, 0.05) is 70.3 Å². The van der Waals surface area contributed by atoms with Crippen molar-refractivity contribution in [2.24, 2.45) is 0 Å². The molecule has 18 aromatic rings. The Balaban J connectivity index is 0.752. The van der Waals surface area contributed by atoms with Gasteiger partial charge in [0.15, 0.2) is 11.6 Å². The highest BCUT2D eigenvalue weighted by Gasteiger charge is 2.23. The summed E-state index contributed by atoms with van der Waals surface area (Å²) in [6, 6.07) is 105. The van der Waals surface area contributed by atoms with Crippen molar-refractivity contribution in [2.45, 2.75) is 0 Å². The second-order valence-electron chi connectivity index (χ2n) is 22.3. The second kappa shape index (κ2) is 19.2. The highest BCUT2D eigenvalue weighted by Crippen LogP contribution is 2.45. The first-order valence-electron chi connectivity index (χ1n) is 29.2. The van der Waals surface area contributed by atoms with Crippen LogP contribution in [0.5, 0.6) is 0 Å². The molecule has 5 aromatic heterocycles. The Morgan fingerprint density at radius 3 is 1.42 bits per heavy atom. The molecule has 0 unspecified atom stereocenters. The maximum atomic E-state index is 5.44. The molecule has 400 valence electrons. The Bertz CT molecular complexity index is 5790. The van der Waals surface area contributed by atoms with Gasteiger partial charge in [0.2, 0.25) is 5.95 Å². The van der Waals surface area contributed by atoms with Crippen LogP contribution in [0.2, 0.25) is 0 Å². The summed E-state index contributed by atoms with van der Waals surface area (Å²) in [5, 5.41) is 12.1. The van der Waals surface area contributed by atoms with E-state index in [4.69, 9.17) is 15.0 Å². The van der Waals surface area contributed by atoms with E-state index in [1.165, 1.54) is 80.0 Å². The normalized spacial score (nSPS) is 12.0. The Labute approximate surface area is 498 Å². The fourth-order valence-corrected chi connectivity index (χ4v) is 14.8. The first kappa shape index (κ1) is 48.3. The zero-order valence-corrected chi connectivity index (χ0v) is 47.1. The van der Waals surface area contributed by atoms with E-state index in [0.717, 1.165) is 72.2 Å². The molecule has 0 saturated heterocycles. The summed E-state index contributed by atoms with van der Waals surface area (Å²) in [5.74, 6) is 1.80. The average Bonchev–Trinajstić information content (AvgIpc) is 1.70. The molecule has 0 fully saturated rings. The third-order valence-electron chi connectivity index (χ3n) is 17.5. The molecule has 0 spiro atoms. The number of hydrogen-bond acceptors (Lipinski definition) is 4. The van der Waals surface area contributed by atoms with E-state index in [1.807, 2.05) is 29.5 Å². The van der Waals surface area contributed by atoms with Crippen molar-refractivity contribution in [3.05, 3.63) is 291 Å². The summed E-state index contributed by atoms with van der Waals surface area (Å²) >= 11 is 1.82. The lowest BCUT2D eigenvalue weighted by molar-refractivity contribution is 0.955. The van der Waals surface area contributed by atoms with Crippen LogP contribution in [0.15, 0.2) is 291 Å². The van der Waals surface area contributed by atoms with Crippen LogP contribution in [0.25, 0.3) is 170 Å². The molecule has 5 heterocycles. The van der Waals surface area contributed by atoms with E-state index in [0.29, 0.717) is 17.6 Å². The van der Waals surface area contributed by atoms with Crippen LogP contribution in [0.1, 0.15) is 0 Å². The van der Waals surface area contributed by atoms with Gasteiger partial charge >= 0.3 is 0 Å². The molecule has 0 amide bonds. The molecular weight excluding hydrogens is 1060 g/mol. The first-order chi connectivity index (χ1) is 42.6. The number of rotatable bonds is 8. The smallest absolute Gasteiger partial charge is 0.238 e. The SMILES string of the molecule is c1ccc(-c2nc(-c3cccc(-c4cccc(-c5cc(-n6c7ccccc7c7cc(-c8ccc9c(c8)c8ccccc8n9-c8ccccc8)ccc76)cc6ccccc56)c4)c3)nc(-n3c4ccccc4c4ccc5c6ccccc6sc5c43)n2)cc1. The van der Waals surface area contributed by atoms with Gasteiger partial charge in [0.25, 0.3) is 0 Å². The van der Waals surface area contributed by atoms with Crippen LogP contribution >= 0.6 is 11.3 Å². The van der Waals surface area contributed by atoms with Crippen LogP contribution < -0.4 is 0 Å². The lowest BCUT2D eigenvalue weighted by atomic mass is 9.94. The quantitative estimate of drug-likeness (QED) is 0.152. The molecule has 0 radical (unpaired) electrons. The third kappa shape index (κ3) is 7.55. The monoisotopic (exact) mass is 1110 g/mol. The Kier molecular flexibility index (Phi) is 10.8. The maximum Gasteiger partial charge on any atom is 0.238 e. The molecule has 18 rings (SSSR count). The number of aromatic nitrogens is 6. The van der Waals surface area contributed by atoms with Gasteiger partial charge in [-0.15, -0.1) is 11.3 Å². The number of nitrogens with zero attached hydrogens (tertiary/aromatic N) is 6. The molecule has 0 atom stereocenters. The van der Waals surface area contributed by atoms with Crippen molar-refractivity contribution in [3.8, 4) is 73.5 Å². The maximum absolute atomic E-state index is 5.44. The van der Waals surface area contributed by atoms with Crippen LogP contribution in [-0.4, -0.2) is 28.7 Å². The van der Waals surface area contributed by atoms with E-state index < -0.39 is 0 Å². The van der Waals surface area contributed by atoms with E-state index >= 15 is 0 Å². The van der Waals surface area contributed by atoms with Gasteiger partial charge in [0.05, 0.1) is 37.8 Å². The van der Waals surface area contributed by atoms with E-state index in [-0.39, 0.29) is 0 Å². The molecule has 0 N–H and O–H groups in total. The number of hydrogen-bond donors (Lipinski definition) is 0. The third-order valence-corrected chi connectivity index (χ3v) is 18.7. The number of benzene rings is 13. The van der Waals surface area contributed by atoms with E-state index in [9.17, 15) is 0 Å². The zero-order chi connectivity index (χ0) is 56.4. The van der Waals surface area contributed by atoms with Gasteiger partial charge in [-0.25, -0.2) is 4.98 Å². The Morgan fingerprint density at radius 2 is 0.733 bits per heavy atom. The minimum atomic E-state index is 0.578. The number of thiophene rings is 1. The lowest BCUT2D eigenvalue weighted by Crippen LogP contribution is -2.06. The fraction of sp³-hybridized carbons (Fsp3) is 0. The number of para-hydroxylation sites is 4. The summed E-state index contributed by atoms with van der Waals surface area (Å²) in [7, 11) is 0. The summed E-state index contributed by atoms with van der Waals surface area (Å²) in [4.78, 5) is 16.0. The highest BCUT2D eigenvalue weighted by atomic mass is 32.1. The summed E-state index contributed by atoms with van der Waals surface area (Å²) in [5.41, 5.74) is 17.8. The van der Waals surface area contributed by atoms with Gasteiger partial charge in [-0.3, -0.25) is 4.57 Å². The van der Waals surface area contributed by atoms with Gasteiger partial charge < -0.3 is 9.13 Å². The first-order valence-corrected chi connectivity index (χ1v) is 30.0. The summed E-state index contributed by atoms with van der Waals surface area (Å²) in [6.07, 6.45) is 0. The molecule has 0 aliphatic rings. The molecule has 6 nitrogen and oxygen atoms in total. The van der Waals surface area contributed by atoms with Crippen molar-refractivity contribution in [1.82, 2.24) is 28.7 Å². The van der Waals surface area contributed by atoms with Crippen LogP contribution in [0, 0.1) is 0 Å². The zero-order valence-electron chi connectivity index (χ0n) is 46.3. The fourth-order valence-electron chi connectivity index (χ4n) is 13.6. The summed E-state index contributed by atoms with van der Waals surface area (Å²) < 4.78 is 9.55. The molecule has 0 bridgehead atoms. The lowest BCUT2D eigenvalue weighted by Gasteiger charge is -2.15. The molecule has 0 aliphatic heterocycles. The van der Waals surface area contributed by atoms with Crippen molar-refractivity contribution in [2.75, 3.05) is 0 Å². The molecular formula is C79H48N6S. The standard InChI is InChI=1S/C79H48N6S/c1-3-19-49(20-4-1)77-80-78(82-79(81-77)85-71-35-15-9-29-60(71)64-39-40-65-63-32-12-16-36-74(63)86-76(65)75(64)85)56-25-18-23-51(44-56)50-22-17-24-54(43-50)66-48-58(45-55-21-7-8-28-59(55)66)84-70-34-14-11-31-62(70)68-47-53(38-42-73(68)84)52-37-41-72-67(46-52)61-30-10-13-33-69(61)83(72)57-26-5-2-6-27-57/h1-48H. The molecule has 13 aromatic carbocycles. The van der Waals surface area contributed by atoms with Crippen molar-refractivity contribution >= 4 is 108 Å². The van der Waals surface area contributed by atoms with Crippen LogP contribution in [0.4, 0.5) is 0 Å². The second-order valence-corrected chi connectivity index (χ2v) is 23.4. The average molecular weight is 1110 g/mol. The molecule has 86 heavy (non-hydrogen) atoms. The minimum absolute atomic E-state index is 0.578. The van der Waals surface area contributed by atoms with Crippen LogP contribution in [-0.2, 0) is 0 Å². The predicted molar refractivity (Wildman–Crippen MR) is 360 cm³/mol. The number of fused-ring (bicyclic) bond motifs is 14.